The molecular formula is C17H20ClN5O4. The van der Waals surface area contributed by atoms with Gasteiger partial charge in [-0.25, -0.2) is 0 Å². The van der Waals surface area contributed by atoms with Crippen LogP contribution in [0.25, 0.3) is 0 Å². The highest BCUT2D eigenvalue weighted by Crippen LogP contribution is 2.34. The van der Waals surface area contributed by atoms with Gasteiger partial charge in [0.05, 0.1) is 22.2 Å². The second-order valence-electron chi connectivity index (χ2n) is 6.48. The normalized spacial score (nSPS) is 15.0. The maximum absolute atomic E-state index is 12.1. The molecule has 1 saturated heterocycles. The van der Waals surface area contributed by atoms with Crippen molar-refractivity contribution >= 4 is 34.7 Å². The van der Waals surface area contributed by atoms with Crippen LogP contribution in [0.4, 0.5) is 17.2 Å². The van der Waals surface area contributed by atoms with Crippen LogP contribution >= 0.6 is 11.6 Å². The topological polar surface area (TPSA) is 105 Å². The number of nitro benzene ring substituents is 1. The number of aromatic nitrogens is 1. The lowest BCUT2D eigenvalue weighted by Crippen LogP contribution is -2.49. The molecule has 0 spiro atoms. The lowest BCUT2D eigenvalue weighted by Gasteiger charge is -2.36. The van der Waals surface area contributed by atoms with Crippen LogP contribution in [0.1, 0.15) is 11.3 Å². The molecule has 144 valence electrons. The van der Waals surface area contributed by atoms with Gasteiger partial charge < -0.3 is 14.7 Å². The molecule has 2 heterocycles. The number of aryl methyl sites for hydroxylation is 2. The van der Waals surface area contributed by atoms with Crippen LogP contribution in [0.5, 0.6) is 0 Å². The molecule has 27 heavy (non-hydrogen) atoms. The van der Waals surface area contributed by atoms with E-state index in [1.807, 2.05) is 11.8 Å². The average Bonchev–Trinajstić information content (AvgIpc) is 3.00. The van der Waals surface area contributed by atoms with Crippen molar-refractivity contribution in [2.24, 2.45) is 0 Å². The number of amides is 1. The predicted octanol–water partition coefficient (Wildman–Crippen LogP) is 2.61. The summed E-state index contributed by atoms with van der Waals surface area (Å²) in [7, 11) is 0. The number of carbonyl (C=O) groups excluding carboxylic acids is 1. The van der Waals surface area contributed by atoms with E-state index in [1.54, 1.807) is 13.0 Å². The van der Waals surface area contributed by atoms with Crippen LogP contribution in [-0.2, 0) is 4.79 Å². The largest absolute Gasteiger partial charge is 0.368 e. The van der Waals surface area contributed by atoms with Gasteiger partial charge in [0.25, 0.3) is 5.69 Å². The zero-order valence-corrected chi connectivity index (χ0v) is 15.8. The molecule has 1 aromatic heterocycles. The molecule has 1 aliphatic rings. The van der Waals surface area contributed by atoms with Crippen molar-refractivity contribution < 1.29 is 14.2 Å². The van der Waals surface area contributed by atoms with Crippen LogP contribution in [-0.4, -0.2) is 53.6 Å². The molecule has 1 aliphatic heterocycles. The Morgan fingerprint density at radius 1 is 1.30 bits per heavy atom. The van der Waals surface area contributed by atoms with Crippen LogP contribution < -0.4 is 10.2 Å². The SMILES string of the molecule is Cc1cc(NC(=O)CN2CCN(c3c(C)cc([N+](=O)[O-])cc3Cl)CC2)no1. The van der Waals surface area contributed by atoms with Crippen molar-refractivity contribution in [1.82, 2.24) is 10.1 Å². The number of rotatable bonds is 5. The minimum absolute atomic E-state index is 0.0142. The molecule has 3 rings (SSSR count). The molecule has 0 radical (unpaired) electrons. The number of piperazine rings is 1. The first-order chi connectivity index (χ1) is 12.8. The van der Waals surface area contributed by atoms with Gasteiger partial charge in [0, 0.05) is 44.4 Å². The second kappa shape index (κ2) is 7.93. The number of nitro groups is 1. The Hall–Kier alpha value is -2.65. The first-order valence-electron chi connectivity index (χ1n) is 8.48. The number of anilines is 2. The van der Waals surface area contributed by atoms with Crippen LogP contribution in [0.15, 0.2) is 22.7 Å². The highest BCUT2D eigenvalue weighted by atomic mass is 35.5. The van der Waals surface area contributed by atoms with Crippen molar-refractivity contribution in [3.8, 4) is 0 Å². The van der Waals surface area contributed by atoms with Crippen LogP contribution in [0.2, 0.25) is 5.02 Å². The van der Waals surface area contributed by atoms with E-state index in [2.05, 4.69) is 15.4 Å². The molecule has 0 bridgehead atoms. The maximum atomic E-state index is 12.1. The minimum atomic E-state index is -0.449. The van der Waals surface area contributed by atoms with Gasteiger partial charge in [-0.2, -0.15) is 0 Å². The van der Waals surface area contributed by atoms with E-state index in [-0.39, 0.29) is 18.1 Å². The summed E-state index contributed by atoms with van der Waals surface area (Å²) in [6.45, 7) is 6.54. The first kappa shape index (κ1) is 19.1. The zero-order valence-electron chi connectivity index (χ0n) is 15.1. The summed E-state index contributed by atoms with van der Waals surface area (Å²) in [5, 5.41) is 17.8. The second-order valence-corrected chi connectivity index (χ2v) is 6.89. The van der Waals surface area contributed by atoms with Crippen molar-refractivity contribution in [2.45, 2.75) is 13.8 Å². The van der Waals surface area contributed by atoms with Crippen LogP contribution in [0, 0.1) is 24.0 Å². The Bertz CT molecular complexity index is 838. The molecule has 1 amide bonds. The highest BCUT2D eigenvalue weighted by Gasteiger charge is 2.23. The summed E-state index contributed by atoms with van der Waals surface area (Å²) in [6, 6.07) is 4.57. The van der Waals surface area contributed by atoms with Crippen molar-refractivity contribution in [1.29, 1.82) is 0 Å². The molecule has 0 aliphatic carbocycles. The molecule has 0 unspecified atom stereocenters. The van der Waals surface area contributed by atoms with E-state index < -0.39 is 4.92 Å². The fourth-order valence-electron chi connectivity index (χ4n) is 3.16. The fraction of sp³-hybridized carbons (Fsp3) is 0.412. The zero-order chi connectivity index (χ0) is 19.6. The van der Waals surface area contributed by atoms with E-state index in [9.17, 15) is 14.9 Å². The van der Waals surface area contributed by atoms with Gasteiger partial charge in [-0.05, 0) is 19.4 Å². The standard InChI is InChI=1S/C17H20ClN5O4/c1-11-7-13(23(25)26)9-14(18)17(11)22-5-3-21(4-6-22)10-16(24)19-15-8-12(2)27-20-15/h7-9H,3-6,10H2,1-2H3,(H,19,20,24). The molecule has 1 fully saturated rings. The number of nitrogens with zero attached hydrogens (tertiary/aromatic N) is 4. The number of nitrogens with one attached hydrogen (secondary N) is 1. The van der Waals surface area contributed by atoms with Gasteiger partial charge in [-0.15, -0.1) is 0 Å². The molecule has 0 atom stereocenters. The summed E-state index contributed by atoms with van der Waals surface area (Å²) in [5.41, 5.74) is 1.56. The lowest BCUT2D eigenvalue weighted by molar-refractivity contribution is -0.384. The van der Waals surface area contributed by atoms with Gasteiger partial charge in [0.1, 0.15) is 5.76 Å². The van der Waals surface area contributed by atoms with E-state index in [0.717, 1.165) is 11.3 Å². The van der Waals surface area contributed by atoms with Gasteiger partial charge in [-0.1, -0.05) is 16.8 Å². The van der Waals surface area contributed by atoms with E-state index in [1.165, 1.54) is 12.1 Å². The quantitative estimate of drug-likeness (QED) is 0.614. The monoisotopic (exact) mass is 393 g/mol. The number of hydrogen-bond donors (Lipinski definition) is 1. The average molecular weight is 394 g/mol. The van der Waals surface area contributed by atoms with Gasteiger partial charge in [0.2, 0.25) is 5.91 Å². The summed E-state index contributed by atoms with van der Waals surface area (Å²) in [6.07, 6.45) is 0. The molecule has 2 aromatic rings. The molecular weight excluding hydrogens is 374 g/mol. The Morgan fingerprint density at radius 3 is 2.56 bits per heavy atom. The molecule has 9 nitrogen and oxygen atoms in total. The van der Waals surface area contributed by atoms with E-state index in [4.69, 9.17) is 16.1 Å². The predicted molar refractivity (Wildman–Crippen MR) is 101 cm³/mol. The molecule has 10 heteroatoms. The number of benzene rings is 1. The Morgan fingerprint density at radius 2 is 2.00 bits per heavy atom. The number of carbonyl (C=O) groups is 1. The van der Waals surface area contributed by atoms with Gasteiger partial charge in [0.15, 0.2) is 5.82 Å². The maximum Gasteiger partial charge on any atom is 0.271 e. The third-order valence-electron chi connectivity index (χ3n) is 4.40. The van der Waals surface area contributed by atoms with Crippen molar-refractivity contribution in [2.75, 3.05) is 42.9 Å². The summed E-state index contributed by atoms with van der Waals surface area (Å²) >= 11 is 6.29. The Kier molecular flexibility index (Phi) is 5.62. The molecule has 0 saturated carbocycles. The Labute approximate surface area is 161 Å². The van der Waals surface area contributed by atoms with E-state index in [0.29, 0.717) is 42.8 Å². The lowest BCUT2D eigenvalue weighted by atomic mass is 10.1. The number of halogens is 1. The number of non-ortho nitro benzene ring substituents is 1. The van der Waals surface area contributed by atoms with Crippen LogP contribution in [0.3, 0.4) is 0 Å². The molecule has 1 aromatic carbocycles. The van der Waals surface area contributed by atoms with Crippen molar-refractivity contribution in [3.05, 3.63) is 44.7 Å². The van der Waals surface area contributed by atoms with Gasteiger partial charge in [-0.3, -0.25) is 19.8 Å². The summed E-state index contributed by atoms with van der Waals surface area (Å²) in [5.74, 6) is 0.889. The summed E-state index contributed by atoms with van der Waals surface area (Å²) < 4.78 is 4.92. The third kappa shape index (κ3) is 4.55. The van der Waals surface area contributed by atoms with Gasteiger partial charge >= 0.3 is 0 Å². The first-order valence-corrected chi connectivity index (χ1v) is 8.86. The smallest absolute Gasteiger partial charge is 0.271 e. The Balaban J connectivity index is 1.57. The highest BCUT2D eigenvalue weighted by molar-refractivity contribution is 6.33. The number of hydrogen-bond acceptors (Lipinski definition) is 7. The summed E-state index contributed by atoms with van der Waals surface area (Å²) in [4.78, 5) is 26.7. The fourth-order valence-corrected chi connectivity index (χ4v) is 3.54. The van der Waals surface area contributed by atoms with E-state index >= 15 is 0 Å². The molecule has 1 N–H and O–H groups in total. The van der Waals surface area contributed by atoms with Crippen molar-refractivity contribution in [3.63, 3.8) is 0 Å². The third-order valence-corrected chi connectivity index (χ3v) is 4.69. The minimum Gasteiger partial charge on any atom is -0.368 e.